The van der Waals surface area contributed by atoms with Crippen molar-refractivity contribution < 1.29 is 4.79 Å². The summed E-state index contributed by atoms with van der Waals surface area (Å²) in [5.41, 5.74) is 4.45. The van der Waals surface area contributed by atoms with Crippen LogP contribution in [0.4, 0.5) is 0 Å². The number of aryl methyl sites for hydroxylation is 2. The molecule has 0 saturated carbocycles. The molecule has 0 fully saturated rings. The number of nitrogens with one attached hydrogen (secondary N) is 1. The van der Waals surface area contributed by atoms with Crippen molar-refractivity contribution >= 4 is 16.8 Å². The molecule has 0 radical (unpaired) electrons. The van der Waals surface area contributed by atoms with Crippen LogP contribution < -0.4 is 5.32 Å². The van der Waals surface area contributed by atoms with E-state index in [2.05, 4.69) is 45.3 Å². The van der Waals surface area contributed by atoms with Crippen LogP contribution >= 0.6 is 0 Å². The summed E-state index contributed by atoms with van der Waals surface area (Å²) in [4.78, 5) is 12.6. The van der Waals surface area contributed by atoms with Gasteiger partial charge in [-0.25, -0.2) is 0 Å². The third-order valence-electron chi connectivity index (χ3n) is 4.90. The Bertz CT molecular complexity index is 1080. The van der Waals surface area contributed by atoms with E-state index >= 15 is 0 Å². The van der Waals surface area contributed by atoms with Gasteiger partial charge in [0.15, 0.2) is 0 Å². The molecule has 0 unspecified atom stereocenters. The number of nitrogens with zero attached hydrogens (tertiary/aromatic N) is 3. The fourth-order valence-electron chi connectivity index (χ4n) is 3.55. The number of hydrogen-bond acceptors (Lipinski definition) is 2. The van der Waals surface area contributed by atoms with Crippen LogP contribution in [0.2, 0.25) is 0 Å². The lowest BCUT2D eigenvalue weighted by Gasteiger charge is -2.11. The Morgan fingerprint density at radius 1 is 1.07 bits per heavy atom. The van der Waals surface area contributed by atoms with E-state index in [1.54, 1.807) is 4.68 Å². The van der Waals surface area contributed by atoms with Crippen LogP contribution in [0.25, 0.3) is 22.2 Å². The van der Waals surface area contributed by atoms with E-state index in [1.165, 1.54) is 5.56 Å². The van der Waals surface area contributed by atoms with Gasteiger partial charge in [0.05, 0.1) is 6.20 Å². The van der Waals surface area contributed by atoms with Crippen molar-refractivity contribution in [3.8, 4) is 11.3 Å². The topological polar surface area (TPSA) is 51.9 Å². The molecule has 142 valence electrons. The smallest absolute Gasteiger partial charge is 0.239 e. The summed E-state index contributed by atoms with van der Waals surface area (Å²) < 4.78 is 3.90. The molecule has 4 aromatic rings. The molecule has 2 aromatic carbocycles. The Morgan fingerprint density at radius 3 is 2.64 bits per heavy atom. The van der Waals surface area contributed by atoms with Crippen LogP contribution in [-0.2, 0) is 24.8 Å². The van der Waals surface area contributed by atoms with Crippen LogP contribution in [-0.4, -0.2) is 26.8 Å². The summed E-state index contributed by atoms with van der Waals surface area (Å²) in [5, 5.41) is 8.37. The number of aromatic nitrogens is 3. The van der Waals surface area contributed by atoms with Crippen molar-refractivity contribution in [2.45, 2.75) is 19.4 Å². The normalized spacial score (nSPS) is 11.0. The first-order valence-corrected chi connectivity index (χ1v) is 9.58. The van der Waals surface area contributed by atoms with Gasteiger partial charge in [-0.3, -0.25) is 9.48 Å². The summed E-state index contributed by atoms with van der Waals surface area (Å²) in [6.07, 6.45) is 5.70. The SMILES string of the molecule is Cn1cc(CCCNC(=O)Cn2c(-c3ccccc3)cc3ccccc32)cn1. The highest BCUT2D eigenvalue weighted by Crippen LogP contribution is 2.28. The van der Waals surface area contributed by atoms with Gasteiger partial charge in [0.25, 0.3) is 0 Å². The zero-order chi connectivity index (χ0) is 19.3. The molecule has 0 spiro atoms. The number of para-hydroxylation sites is 1. The summed E-state index contributed by atoms with van der Waals surface area (Å²) in [7, 11) is 1.91. The highest BCUT2D eigenvalue weighted by Gasteiger charge is 2.13. The van der Waals surface area contributed by atoms with Crippen LogP contribution in [0.1, 0.15) is 12.0 Å². The van der Waals surface area contributed by atoms with Gasteiger partial charge in [0.2, 0.25) is 5.91 Å². The van der Waals surface area contributed by atoms with E-state index in [0.717, 1.165) is 35.0 Å². The molecule has 5 nitrogen and oxygen atoms in total. The van der Waals surface area contributed by atoms with Gasteiger partial charge in [-0.15, -0.1) is 0 Å². The van der Waals surface area contributed by atoms with E-state index in [1.807, 2.05) is 49.8 Å². The predicted molar refractivity (Wildman–Crippen MR) is 112 cm³/mol. The van der Waals surface area contributed by atoms with Gasteiger partial charge in [-0.1, -0.05) is 48.5 Å². The lowest BCUT2D eigenvalue weighted by atomic mass is 10.1. The fourth-order valence-corrected chi connectivity index (χ4v) is 3.55. The summed E-state index contributed by atoms with van der Waals surface area (Å²) >= 11 is 0. The van der Waals surface area contributed by atoms with Crippen molar-refractivity contribution in [2.24, 2.45) is 7.05 Å². The minimum absolute atomic E-state index is 0.0321. The zero-order valence-corrected chi connectivity index (χ0v) is 16.0. The molecular formula is C23H24N4O. The number of benzene rings is 2. The van der Waals surface area contributed by atoms with Crippen LogP contribution in [0.3, 0.4) is 0 Å². The molecule has 0 aliphatic carbocycles. The average Bonchev–Trinajstić information content (AvgIpc) is 3.30. The van der Waals surface area contributed by atoms with Crippen molar-refractivity contribution in [1.82, 2.24) is 19.7 Å². The maximum absolute atomic E-state index is 12.6. The molecular weight excluding hydrogens is 348 g/mol. The van der Waals surface area contributed by atoms with Gasteiger partial charge in [0, 0.05) is 36.4 Å². The Morgan fingerprint density at radius 2 is 1.86 bits per heavy atom. The highest BCUT2D eigenvalue weighted by molar-refractivity contribution is 5.89. The Balaban J connectivity index is 1.45. The standard InChI is InChI=1S/C23H24N4O/c1-26-16-18(15-25-26)8-7-13-24-23(28)17-27-21-12-6-5-11-20(21)14-22(27)19-9-3-2-4-10-19/h2-6,9-12,14-16H,7-8,13,17H2,1H3,(H,24,28). The van der Waals surface area contributed by atoms with Gasteiger partial charge in [-0.2, -0.15) is 5.10 Å². The molecule has 1 N–H and O–H groups in total. The number of rotatable bonds is 7. The number of fused-ring (bicyclic) bond motifs is 1. The van der Waals surface area contributed by atoms with Crippen molar-refractivity contribution in [2.75, 3.05) is 6.54 Å². The second-order valence-electron chi connectivity index (χ2n) is 7.02. The zero-order valence-electron chi connectivity index (χ0n) is 16.0. The molecule has 0 bridgehead atoms. The molecule has 2 heterocycles. The van der Waals surface area contributed by atoms with E-state index in [4.69, 9.17) is 0 Å². The quantitative estimate of drug-likeness (QED) is 0.502. The Labute approximate surface area is 164 Å². The second kappa shape index (κ2) is 8.13. The lowest BCUT2D eigenvalue weighted by molar-refractivity contribution is -0.121. The minimum Gasteiger partial charge on any atom is -0.355 e. The molecule has 5 heteroatoms. The number of hydrogen-bond donors (Lipinski definition) is 1. The molecule has 2 aromatic heterocycles. The van der Waals surface area contributed by atoms with Crippen molar-refractivity contribution in [3.63, 3.8) is 0 Å². The first kappa shape index (κ1) is 18.0. The predicted octanol–water partition coefficient (Wildman–Crippen LogP) is 3.79. The van der Waals surface area contributed by atoms with Crippen LogP contribution in [0.15, 0.2) is 73.1 Å². The largest absolute Gasteiger partial charge is 0.355 e. The van der Waals surface area contributed by atoms with Gasteiger partial charge in [0.1, 0.15) is 6.54 Å². The second-order valence-corrected chi connectivity index (χ2v) is 7.02. The monoisotopic (exact) mass is 372 g/mol. The number of carbonyl (C=O) groups excluding carboxylic acids is 1. The minimum atomic E-state index is 0.0321. The van der Waals surface area contributed by atoms with E-state index < -0.39 is 0 Å². The molecule has 0 aliphatic heterocycles. The third-order valence-corrected chi connectivity index (χ3v) is 4.90. The lowest BCUT2D eigenvalue weighted by Crippen LogP contribution is -2.28. The Kier molecular flexibility index (Phi) is 5.24. The maximum atomic E-state index is 12.6. The van der Waals surface area contributed by atoms with Gasteiger partial charge < -0.3 is 9.88 Å². The van der Waals surface area contributed by atoms with Crippen LogP contribution in [0, 0.1) is 0 Å². The summed E-state index contributed by atoms with van der Waals surface area (Å²) in [6, 6.07) is 20.6. The number of carbonyl (C=O) groups is 1. The summed E-state index contributed by atoms with van der Waals surface area (Å²) in [5.74, 6) is 0.0321. The van der Waals surface area contributed by atoms with Crippen molar-refractivity contribution in [3.05, 3.63) is 78.6 Å². The fraction of sp³-hybridized carbons (Fsp3) is 0.217. The molecule has 4 rings (SSSR count). The van der Waals surface area contributed by atoms with Gasteiger partial charge >= 0.3 is 0 Å². The molecule has 0 atom stereocenters. The van der Waals surface area contributed by atoms with Crippen molar-refractivity contribution in [1.29, 1.82) is 0 Å². The number of amides is 1. The maximum Gasteiger partial charge on any atom is 0.239 e. The highest BCUT2D eigenvalue weighted by atomic mass is 16.1. The third kappa shape index (κ3) is 3.98. The molecule has 0 saturated heterocycles. The molecule has 0 aliphatic rings. The first-order chi connectivity index (χ1) is 13.7. The van der Waals surface area contributed by atoms with E-state index in [9.17, 15) is 4.79 Å². The molecule has 1 amide bonds. The average molecular weight is 372 g/mol. The van der Waals surface area contributed by atoms with Crippen LogP contribution in [0.5, 0.6) is 0 Å². The summed E-state index contributed by atoms with van der Waals surface area (Å²) in [6.45, 7) is 0.970. The Hall–Kier alpha value is -3.34. The van der Waals surface area contributed by atoms with Gasteiger partial charge in [-0.05, 0) is 36.1 Å². The first-order valence-electron chi connectivity index (χ1n) is 9.58. The molecule has 28 heavy (non-hydrogen) atoms. The van der Waals surface area contributed by atoms with E-state index in [-0.39, 0.29) is 5.91 Å². The van der Waals surface area contributed by atoms with E-state index in [0.29, 0.717) is 13.1 Å².